The van der Waals surface area contributed by atoms with Crippen LogP contribution in [0.15, 0.2) is 47.5 Å². The summed E-state index contributed by atoms with van der Waals surface area (Å²) in [5, 5.41) is 4.03. The first kappa shape index (κ1) is 22.4. The van der Waals surface area contributed by atoms with Gasteiger partial charge in [0, 0.05) is 18.8 Å². The molecular formula is C25H33N3OS. The fraction of sp³-hybridized carbons (Fsp3) is 0.440. The van der Waals surface area contributed by atoms with E-state index in [1.54, 1.807) is 0 Å². The van der Waals surface area contributed by atoms with E-state index in [9.17, 15) is 4.79 Å². The number of carbonyl (C=O) groups excluding carboxylic acids is 1. The minimum Gasteiger partial charge on any atom is -0.351 e. The van der Waals surface area contributed by atoms with Gasteiger partial charge in [-0.05, 0) is 56.9 Å². The van der Waals surface area contributed by atoms with Crippen molar-refractivity contribution in [2.45, 2.75) is 58.9 Å². The topological polar surface area (TPSA) is 44.7 Å². The lowest BCUT2D eigenvalue weighted by atomic mass is 9.95. The van der Waals surface area contributed by atoms with Crippen LogP contribution in [0.3, 0.4) is 0 Å². The summed E-state index contributed by atoms with van der Waals surface area (Å²) in [7, 11) is 2.12. The lowest BCUT2D eigenvalue weighted by Crippen LogP contribution is -2.37. The maximum Gasteiger partial charge on any atom is 0.234 e. The minimum atomic E-state index is 0.00728. The zero-order valence-electron chi connectivity index (χ0n) is 18.6. The highest BCUT2D eigenvalue weighted by atomic mass is 32.2. The van der Waals surface area contributed by atoms with Crippen LogP contribution >= 0.6 is 11.8 Å². The number of anilines is 1. The maximum absolute atomic E-state index is 12.8. The molecule has 5 heteroatoms. The van der Waals surface area contributed by atoms with Gasteiger partial charge in [-0.15, -0.1) is 0 Å². The number of para-hydroxylation sites is 1. The van der Waals surface area contributed by atoms with Gasteiger partial charge in [0.1, 0.15) is 0 Å². The van der Waals surface area contributed by atoms with Crippen molar-refractivity contribution in [2.75, 3.05) is 18.1 Å². The van der Waals surface area contributed by atoms with Crippen LogP contribution in [0.1, 0.15) is 48.8 Å². The standard InChI is InChI=1S/C25H33N3OS/c1-18-15-19(2)24(20(3)16-18)27-23(29)17-30-25(26-21-11-7-5-8-12-21)28(4)22-13-9-6-10-14-22/h5,7-8,11-12,15-16,22H,6,9-10,13-14,17H2,1-4H3,(H,27,29). The van der Waals surface area contributed by atoms with Crippen molar-refractivity contribution in [1.82, 2.24) is 4.90 Å². The zero-order chi connectivity index (χ0) is 21.5. The van der Waals surface area contributed by atoms with Crippen LogP contribution < -0.4 is 5.32 Å². The number of thioether (sulfide) groups is 1. The minimum absolute atomic E-state index is 0.00728. The van der Waals surface area contributed by atoms with E-state index >= 15 is 0 Å². The number of nitrogens with zero attached hydrogens (tertiary/aromatic N) is 2. The fourth-order valence-electron chi connectivity index (χ4n) is 4.13. The van der Waals surface area contributed by atoms with E-state index in [1.165, 1.54) is 49.4 Å². The van der Waals surface area contributed by atoms with Crippen LogP contribution in [0.2, 0.25) is 0 Å². The molecule has 0 atom stereocenters. The Labute approximate surface area is 185 Å². The van der Waals surface area contributed by atoms with Crippen molar-refractivity contribution in [3.8, 4) is 0 Å². The highest BCUT2D eigenvalue weighted by Gasteiger charge is 2.22. The largest absolute Gasteiger partial charge is 0.351 e. The second-order valence-electron chi connectivity index (χ2n) is 8.24. The summed E-state index contributed by atoms with van der Waals surface area (Å²) in [6.45, 7) is 6.17. The summed E-state index contributed by atoms with van der Waals surface area (Å²) in [5.41, 5.74) is 5.26. The number of aryl methyl sites for hydroxylation is 3. The molecule has 1 fully saturated rings. The van der Waals surface area contributed by atoms with Gasteiger partial charge in [-0.25, -0.2) is 4.99 Å². The Balaban J connectivity index is 1.71. The van der Waals surface area contributed by atoms with Crippen molar-refractivity contribution >= 4 is 34.2 Å². The molecule has 3 rings (SSSR count). The van der Waals surface area contributed by atoms with Crippen LogP contribution in [0.4, 0.5) is 11.4 Å². The molecule has 0 spiro atoms. The number of rotatable bonds is 5. The van der Waals surface area contributed by atoms with Crippen molar-refractivity contribution in [1.29, 1.82) is 0 Å². The van der Waals surface area contributed by atoms with Crippen molar-refractivity contribution in [3.05, 3.63) is 59.2 Å². The summed E-state index contributed by atoms with van der Waals surface area (Å²) < 4.78 is 0. The molecule has 0 heterocycles. The van der Waals surface area contributed by atoms with E-state index < -0.39 is 0 Å². The smallest absolute Gasteiger partial charge is 0.234 e. The fourth-order valence-corrected chi connectivity index (χ4v) is 4.99. The van der Waals surface area contributed by atoms with Crippen LogP contribution in [-0.2, 0) is 4.79 Å². The van der Waals surface area contributed by atoms with Crippen LogP contribution in [0.25, 0.3) is 0 Å². The van der Waals surface area contributed by atoms with Crippen molar-refractivity contribution in [2.24, 2.45) is 4.99 Å². The zero-order valence-corrected chi connectivity index (χ0v) is 19.4. The van der Waals surface area contributed by atoms with E-state index in [-0.39, 0.29) is 5.91 Å². The molecule has 0 aromatic heterocycles. The van der Waals surface area contributed by atoms with Gasteiger partial charge in [-0.3, -0.25) is 4.79 Å². The third kappa shape index (κ3) is 6.11. The van der Waals surface area contributed by atoms with Crippen LogP contribution in [0.5, 0.6) is 0 Å². The molecular weight excluding hydrogens is 390 g/mol. The molecule has 2 aromatic rings. The Hall–Kier alpha value is -2.27. The van der Waals surface area contributed by atoms with Gasteiger partial charge in [0.2, 0.25) is 5.91 Å². The monoisotopic (exact) mass is 423 g/mol. The predicted octanol–water partition coefficient (Wildman–Crippen LogP) is 6.24. The van der Waals surface area contributed by atoms with Gasteiger partial charge in [-0.2, -0.15) is 0 Å². The van der Waals surface area contributed by atoms with Crippen LogP contribution in [-0.4, -0.2) is 34.8 Å². The second kappa shape index (κ2) is 10.7. The Bertz CT molecular complexity index is 866. The molecule has 1 N–H and O–H groups in total. The maximum atomic E-state index is 12.8. The van der Waals surface area contributed by atoms with Gasteiger partial charge in [0.15, 0.2) is 5.17 Å². The molecule has 0 saturated heterocycles. The number of amidine groups is 1. The molecule has 30 heavy (non-hydrogen) atoms. The van der Waals surface area contributed by atoms with Crippen LogP contribution in [0, 0.1) is 20.8 Å². The third-order valence-corrected chi connectivity index (χ3v) is 6.72. The number of nitrogens with one attached hydrogen (secondary N) is 1. The molecule has 1 amide bonds. The number of carbonyl (C=O) groups is 1. The molecule has 160 valence electrons. The molecule has 0 aliphatic heterocycles. The predicted molar refractivity (Wildman–Crippen MR) is 130 cm³/mol. The summed E-state index contributed by atoms with van der Waals surface area (Å²) in [5.74, 6) is 0.350. The van der Waals surface area contributed by atoms with Crippen molar-refractivity contribution in [3.63, 3.8) is 0 Å². The Morgan fingerprint density at radius 2 is 1.70 bits per heavy atom. The van der Waals surface area contributed by atoms with Gasteiger partial charge >= 0.3 is 0 Å². The highest BCUT2D eigenvalue weighted by molar-refractivity contribution is 8.14. The van der Waals surface area contributed by atoms with E-state index in [0.29, 0.717) is 11.8 Å². The summed E-state index contributed by atoms with van der Waals surface area (Å²) in [4.78, 5) is 19.9. The summed E-state index contributed by atoms with van der Waals surface area (Å²) >= 11 is 1.52. The Morgan fingerprint density at radius 3 is 2.33 bits per heavy atom. The molecule has 4 nitrogen and oxygen atoms in total. The summed E-state index contributed by atoms with van der Waals surface area (Å²) in [6, 6.07) is 14.7. The normalized spacial score (nSPS) is 15.1. The Morgan fingerprint density at radius 1 is 1.07 bits per heavy atom. The first-order valence-electron chi connectivity index (χ1n) is 10.8. The summed E-state index contributed by atoms with van der Waals surface area (Å²) in [6.07, 6.45) is 6.24. The molecule has 1 aliphatic carbocycles. The van der Waals surface area contributed by atoms with Gasteiger partial charge in [0.25, 0.3) is 0 Å². The van der Waals surface area contributed by atoms with Gasteiger partial charge < -0.3 is 10.2 Å². The highest BCUT2D eigenvalue weighted by Crippen LogP contribution is 2.27. The molecule has 0 radical (unpaired) electrons. The van der Waals surface area contributed by atoms with E-state index in [2.05, 4.69) is 36.3 Å². The number of amides is 1. The van der Waals surface area contributed by atoms with Gasteiger partial charge in [-0.1, -0.05) is 66.9 Å². The van der Waals surface area contributed by atoms with E-state index in [4.69, 9.17) is 4.99 Å². The lowest BCUT2D eigenvalue weighted by Gasteiger charge is -2.33. The number of hydrogen-bond donors (Lipinski definition) is 1. The molecule has 0 bridgehead atoms. The molecule has 2 aromatic carbocycles. The average Bonchev–Trinajstić information content (AvgIpc) is 2.74. The Kier molecular flexibility index (Phi) is 7.97. The van der Waals surface area contributed by atoms with E-state index in [0.717, 1.165) is 27.7 Å². The first-order chi connectivity index (χ1) is 14.4. The number of hydrogen-bond acceptors (Lipinski definition) is 3. The molecule has 1 aliphatic rings. The SMILES string of the molecule is Cc1cc(C)c(NC(=O)CSC(=Nc2ccccc2)N(C)C2CCCCC2)c(C)c1. The van der Waals surface area contributed by atoms with E-state index in [1.807, 2.05) is 44.2 Å². The number of benzene rings is 2. The van der Waals surface area contributed by atoms with Gasteiger partial charge in [0.05, 0.1) is 11.4 Å². The molecule has 0 unspecified atom stereocenters. The lowest BCUT2D eigenvalue weighted by molar-refractivity contribution is -0.113. The quantitative estimate of drug-likeness (QED) is 0.457. The third-order valence-electron chi connectivity index (χ3n) is 5.68. The second-order valence-corrected chi connectivity index (χ2v) is 9.19. The van der Waals surface area contributed by atoms with Crippen molar-refractivity contribution < 1.29 is 4.79 Å². The number of aliphatic imine (C=N–C) groups is 1. The first-order valence-corrected chi connectivity index (χ1v) is 11.8. The molecule has 1 saturated carbocycles. The average molecular weight is 424 g/mol.